The van der Waals surface area contributed by atoms with Crippen molar-refractivity contribution in [3.05, 3.63) is 12.7 Å². The molecular weight excluding hydrogens is 182 g/mol. The molecule has 1 amide bonds. The molecule has 0 aromatic heterocycles. The minimum atomic E-state index is -0.000998. The van der Waals surface area contributed by atoms with Gasteiger partial charge in [-0.25, -0.2) is 0 Å². The molecule has 0 aliphatic rings. The lowest BCUT2D eigenvalue weighted by molar-refractivity contribution is -0.124. The predicted molar refractivity (Wildman–Crippen MR) is 60.1 cm³/mol. The maximum Gasteiger partial charge on any atom is 0.245 e. The van der Waals surface area contributed by atoms with Gasteiger partial charge in [-0.2, -0.15) is 12.6 Å². The van der Waals surface area contributed by atoms with Gasteiger partial charge < -0.3 is 4.90 Å². The first-order valence-corrected chi connectivity index (χ1v) is 5.15. The third kappa shape index (κ3) is 6.70. The molecule has 0 N–H and O–H groups in total. The molecule has 0 bridgehead atoms. The molecule has 0 aromatic carbocycles. The second-order valence-electron chi connectivity index (χ2n) is 3.31. The summed E-state index contributed by atoms with van der Waals surface area (Å²) in [5.74, 6) is -0.000998. The summed E-state index contributed by atoms with van der Waals surface area (Å²) in [6.07, 6.45) is 4.63. The zero-order chi connectivity index (χ0) is 10.3. The van der Waals surface area contributed by atoms with Crippen molar-refractivity contribution < 1.29 is 4.79 Å². The minimum absolute atomic E-state index is 0.000998. The van der Waals surface area contributed by atoms with Gasteiger partial charge in [0.05, 0.1) is 0 Å². The molecule has 0 radical (unpaired) electrons. The number of thiol groups is 1. The third-order valence-corrected chi connectivity index (χ3v) is 2.17. The highest BCUT2D eigenvalue weighted by atomic mass is 32.1. The monoisotopic (exact) mass is 201 g/mol. The summed E-state index contributed by atoms with van der Waals surface area (Å²) in [5, 5.41) is 0.459. The lowest BCUT2D eigenvalue weighted by Gasteiger charge is -2.14. The largest absolute Gasteiger partial charge is 0.342 e. The van der Waals surface area contributed by atoms with Gasteiger partial charge in [-0.3, -0.25) is 4.79 Å². The molecule has 1 atom stereocenters. The van der Waals surface area contributed by atoms with Crippen LogP contribution in [0.1, 0.15) is 26.2 Å². The van der Waals surface area contributed by atoms with Gasteiger partial charge in [0, 0.05) is 13.6 Å². The Labute approximate surface area is 86.4 Å². The summed E-state index contributed by atoms with van der Waals surface area (Å²) in [4.78, 5) is 12.7. The number of amides is 1. The van der Waals surface area contributed by atoms with E-state index >= 15 is 0 Å². The van der Waals surface area contributed by atoms with Crippen molar-refractivity contribution in [3.63, 3.8) is 0 Å². The molecule has 0 fully saturated rings. The molecule has 0 aliphatic heterocycles. The molecule has 0 saturated carbocycles. The van der Waals surface area contributed by atoms with Gasteiger partial charge in [-0.05, 0) is 24.2 Å². The normalized spacial score (nSPS) is 12.2. The number of hydrogen-bond acceptors (Lipinski definition) is 2. The maximum absolute atomic E-state index is 11.0. The van der Waals surface area contributed by atoms with Crippen LogP contribution < -0.4 is 0 Å². The van der Waals surface area contributed by atoms with Gasteiger partial charge in [0.2, 0.25) is 5.91 Å². The van der Waals surface area contributed by atoms with Crippen molar-refractivity contribution in [1.82, 2.24) is 4.90 Å². The molecule has 1 unspecified atom stereocenters. The Kier molecular flexibility index (Phi) is 6.77. The lowest BCUT2D eigenvalue weighted by atomic mass is 10.2. The topological polar surface area (TPSA) is 20.3 Å². The van der Waals surface area contributed by atoms with Crippen LogP contribution in [-0.2, 0) is 4.79 Å². The molecule has 0 heterocycles. The van der Waals surface area contributed by atoms with Gasteiger partial charge in [-0.15, -0.1) is 0 Å². The van der Waals surface area contributed by atoms with E-state index in [1.165, 1.54) is 6.08 Å². The Morgan fingerprint density at radius 2 is 2.23 bits per heavy atom. The Morgan fingerprint density at radius 1 is 1.62 bits per heavy atom. The van der Waals surface area contributed by atoms with E-state index in [1.807, 2.05) is 0 Å². The van der Waals surface area contributed by atoms with E-state index in [-0.39, 0.29) is 5.91 Å². The number of hydrogen-bond donors (Lipinski definition) is 1. The average molecular weight is 201 g/mol. The van der Waals surface area contributed by atoms with Crippen LogP contribution in [0.15, 0.2) is 12.7 Å². The Bertz CT molecular complexity index is 168. The fraction of sp³-hybridized carbons (Fsp3) is 0.700. The molecular formula is C10H19NOS. The lowest BCUT2D eigenvalue weighted by Crippen LogP contribution is -2.25. The number of carbonyl (C=O) groups is 1. The van der Waals surface area contributed by atoms with E-state index in [9.17, 15) is 4.79 Å². The van der Waals surface area contributed by atoms with E-state index in [0.29, 0.717) is 5.25 Å². The molecule has 13 heavy (non-hydrogen) atoms. The van der Waals surface area contributed by atoms with E-state index in [2.05, 4.69) is 26.1 Å². The van der Waals surface area contributed by atoms with Crippen LogP contribution in [0, 0.1) is 0 Å². The SMILES string of the molecule is C=CC(=O)N(C)CCCCC(C)S. The molecule has 3 heteroatoms. The van der Waals surface area contributed by atoms with Crippen molar-refractivity contribution in [3.8, 4) is 0 Å². The predicted octanol–water partition coefficient (Wildman–Crippen LogP) is 2.12. The van der Waals surface area contributed by atoms with Gasteiger partial charge in [-0.1, -0.05) is 19.9 Å². The van der Waals surface area contributed by atoms with E-state index in [0.717, 1.165) is 25.8 Å². The number of nitrogens with zero attached hydrogens (tertiary/aromatic N) is 1. The first kappa shape index (κ1) is 12.6. The van der Waals surface area contributed by atoms with E-state index in [1.54, 1.807) is 11.9 Å². The smallest absolute Gasteiger partial charge is 0.245 e. The van der Waals surface area contributed by atoms with E-state index in [4.69, 9.17) is 0 Å². The van der Waals surface area contributed by atoms with Crippen molar-refractivity contribution in [2.24, 2.45) is 0 Å². The van der Waals surface area contributed by atoms with Crippen molar-refractivity contribution in [2.45, 2.75) is 31.4 Å². The van der Waals surface area contributed by atoms with Gasteiger partial charge in [0.15, 0.2) is 0 Å². The average Bonchev–Trinajstić information content (AvgIpc) is 2.10. The van der Waals surface area contributed by atoms with E-state index < -0.39 is 0 Å². The minimum Gasteiger partial charge on any atom is -0.342 e. The fourth-order valence-electron chi connectivity index (χ4n) is 1.05. The van der Waals surface area contributed by atoms with Crippen LogP contribution in [0.5, 0.6) is 0 Å². The summed E-state index contributed by atoms with van der Waals surface area (Å²) in [6.45, 7) is 6.33. The molecule has 76 valence electrons. The first-order chi connectivity index (χ1) is 6.07. The van der Waals surface area contributed by atoms with Crippen molar-refractivity contribution in [1.29, 1.82) is 0 Å². The quantitative estimate of drug-likeness (QED) is 0.396. The maximum atomic E-state index is 11.0. The highest BCUT2D eigenvalue weighted by Gasteiger charge is 2.02. The number of rotatable bonds is 6. The second-order valence-corrected chi connectivity index (χ2v) is 4.19. The van der Waals surface area contributed by atoms with Crippen LogP contribution in [0.25, 0.3) is 0 Å². The van der Waals surface area contributed by atoms with Crippen molar-refractivity contribution >= 4 is 18.5 Å². The number of likely N-dealkylation sites (N-methyl/N-ethyl adjacent to an activating group) is 1. The van der Waals surface area contributed by atoms with Gasteiger partial charge in [0.25, 0.3) is 0 Å². The van der Waals surface area contributed by atoms with Crippen molar-refractivity contribution in [2.75, 3.05) is 13.6 Å². The summed E-state index contributed by atoms with van der Waals surface area (Å²) in [7, 11) is 1.80. The molecule has 2 nitrogen and oxygen atoms in total. The number of carbonyl (C=O) groups excluding carboxylic acids is 1. The summed E-state index contributed by atoms with van der Waals surface area (Å²) in [6, 6.07) is 0. The summed E-state index contributed by atoms with van der Waals surface area (Å²) in [5.41, 5.74) is 0. The third-order valence-electron chi connectivity index (χ3n) is 1.92. The number of unbranched alkanes of at least 4 members (excludes halogenated alkanes) is 1. The molecule has 0 aromatic rings. The highest BCUT2D eigenvalue weighted by molar-refractivity contribution is 7.80. The fourth-order valence-corrected chi connectivity index (χ4v) is 1.24. The van der Waals surface area contributed by atoms with Crippen LogP contribution in [-0.4, -0.2) is 29.6 Å². The molecule has 0 saturated heterocycles. The molecule has 0 rings (SSSR count). The first-order valence-electron chi connectivity index (χ1n) is 4.63. The zero-order valence-electron chi connectivity index (χ0n) is 8.49. The Morgan fingerprint density at radius 3 is 2.69 bits per heavy atom. The van der Waals surface area contributed by atoms with Gasteiger partial charge >= 0.3 is 0 Å². The van der Waals surface area contributed by atoms with Crippen LogP contribution in [0.4, 0.5) is 0 Å². The van der Waals surface area contributed by atoms with Crippen LogP contribution in [0.2, 0.25) is 0 Å². The van der Waals surface area contributed by atoms with Crippen LogP contribution in [0.3, 0.4) is 0 Å². The summed E-state index contributed by atoms with van der Waals surface area (Å²) >= 11 is 4.28. The van der Waals surface area contributed by atoms with Crippen LogP contribution >= 0.6 is 12.6 Å². The Balaban J connectivity index is 3.42. The Hall–Kier alpha value is -0.440. The highest BCUT2D eigenvalue weighted by Crippen LogP contribution is 2.06. The standard InChI is InChI=1S/C10H19NOS/c1-4-10(12)11(3)8-6-5-7-9(2)13/h4,9,13H,1,5-8H2,2-3H3. The van der Waals surface area contributed by atoms with Gasteiger partial charge in [0.1, 0.15) is 0 Å². The second kappa shape index (κ2) is 7.01. The summed E-state index contributed by atoms with van der Waals surface area (Å²) < 4.78 is 0. The zero-order valence-corrected chi connectivity index (χ0v) is 9.39. The molecule has 0 spiro atoms. The molecule has 0 aliphatic carbocycles.